The van der Waals surface area contributed by atoms with Crippen LogP contribution in [-0.4, -0.2) is 75.6 Å². The molecule has 5 aromatic carbocycles. The van der Waals surface area contributed by atoms with Gasteiger partial charge in [-0.05, 0) is 103 Å². The zero-order valence-electron chi connectivity index (χ0n) is 36.9. The Labute approximate surface area is 385 Å². The number of carbonyl (C=O) groups excluding carboxylic acids is 3. The van der Waals surface area contributed by atoms with Crippen LogP contribution in [0.5, 0.6) is 23.0 Å². The van der Waals surface area contributed by atoms with Crippen molar-refractivity contribution < 1.29 is 56.5 Å². The second-order valence-electron chi connectivity index (χ2n) is 15.5. The molecule has 0 radical (unpaired) electrons. The van der Waals surface area contributed by atoms with Crippen molar-refractivity contribution in [1.29, 1.82) is 0 Å². The number of nitrogens with one attached hydrogen (secondary N) is 4. The Hall–Kier alpha value is -6.37. The van der Waals surface area contributed by atoms with E-state index in [1.54, 1.807) is 60.7 Å². The number of aryl methyl sites for hydroxylation is 2. The lowest BCUT2D eigenvalue weighted by molar-refractivity contribution is -0.143. The Kier molecular flexibility index (Phi) is 17.6. The highest BCUT2D eigenvalue weighted by molar-refractivity contribution is 8.19. The molecule has 1 unspecified atom stereocenters. The summed E-state index contributed by atoms with van der Waals surface area (Å²) in [5.74, 6) is 0.373. The molecule has 1 aliphatic rings. The van der Waals surface area contributed by atoms with Gasteiger partial charge in [-0.2, -0.15) is 0 Å². The molecule has 66 heavy (non-hydrogen) atoms. The van der Waals surface area contributed by atoms with Crippen molar-refractivity contribution in [2.75, 3.05) is 38.3 Å². The predicted octanol–water partition coefficient (Wildman–Crippen LogP) is 8.43. The number of benzene rings is 5. The number of carbonyl (C=O) groups is 3. The van der Waals surface area contributed by atoms with Gasteiger partial charge in [0.15, 0.2) is 6.10 Å². The maximum atomic E-state index is 13.5. The minimum absolute atomic E-state index is 0.0286. The number of ether oxygens (including phenoxy) is 4. The van der Waals surface area contributed by atoms with Crippen molar-refractivity contribution in [3.8, 4) is 34.1 Å². The fourth-order valence-corrected chi connectivity index (χ4v) is 8.13. The van der Waals surface area contributed by atoms with E-state index in [4.69, 9.17) is 18.9 Å². The van der Waals surface area contributed by atoms with E-state index >= 15 is 0 Å². The molecule has 0 spiro atoms. The summed E-state index contributed by atoms with van der Waals surface area (Å²) in [6.07, 6.45) is 3.05. The van der Waals surface area contributed by atoms with Crippen LogP contribution in [0.2, 0.25) is 0 Å². The first-order valence-corrected chi connectivity index (χ1v) is 23.4. The molecule has 1 heterocycles. The van der Waals surface area contributed by atoms with Gasteiger partial charge >= 0.3 is 5.97 Å². The lowest BCUT2D eigenvalue weighted by Gasteiger charge is -2.28. The second kappa shape index (κ2) is 23.7. The molecule has 17 heteroatoms. The van der Waals surface area contributed by atoms with Gasteiger partial charge in [0.25, 0.3) is 11.8 Å². The SMILES string of the molecule is CCCc1c(OCCCOc2cc(O)c(-c3ccc(F)cc3)cc2CC)ccc2c1OC(C(=O)NCCC(=O)OCCNC(=O)c1ccc(NNCc3ccccc3S(O)(O)O)cc1)CC2. The van der Waals surface area contributed by atoms with E-state index in [1.807, 2.05) is 25.1 Å². The van der Waals surface area contributed by atoms with E-state index in [2.05, 4.69) is 28.4 Å². The Bertz CT molecular complexity index is 2430. The fraction of sp³-hybridized carbons (Fsp3) is 0.327. The maximum absolute atomic E-state index is 13.5. The van der Waals surface area contributed by atoms with Crippen molar-refractivity contribution in [2.45, 2.75) is 76.3 Å². The van der Waals surface area contributed by atoms with Crippen molar-refractivity contribution in [3.05, 3.63) is 131 Å². The summed E-state index contributed by atoms with van der Waals surface area (Å²) in [6.45, 7) is 5.02. The zero-order valence-corrected chi connectivity index (χ0v) is 37.8. The van der Waals surface area contributed by atoms with Crippen LogP contribution in [-0.2, 0) is 40.1 Å². The molecule has 6 rings (SSSR count). The van der Waals surface area contributed by atoms with Crippen LogP contribution in [0.1, 0.15) is 72.1 Å². The van der Waals surface area contributed by atoms with Gasteiger partial charge in [-0.15, -0.1) is 0 Å². The van der Waals surface area contributed by atoms with E-state index in [9.17, 15) is 37.5 Å². The number of anilines is 1. The van der Waals surface area contributed by atoms with Gasteiger partial charge in [-0.25, -0.2) is 9.82 Å². The number of fused-ring (bicyclic) bond motifs is 1. The summed E-state index contributed by atoms with van der Waals surface area (Å²) in [4.78, 5) is 38.3. The van der Waals surface area contributed by atoms with E-state index in [1.165, 1.54) is 18.2 Å². The number of phenolic OH excluding ortho intramolecular Hbond substituents is 1. The molecule has 0 fully saturated rings. The molecule has 0 aliphatic carbocycles. The third-order valence-electron chi connectivity index (χ3n) is 10.8. The summed E-state index contributed by atoms with van der Waals surface area (Å²) >= 11 is 0. The summed E-state index contributed by atoms with van der Waals surface area (Å²) < 4.78 is 66.2. The van der Waals surface area contributed by atoms with Gasteiger partial charge in [0.1, 0.15) is 46.3 Å². The fourth-order valence-electron chi connectivity index (χ4n) is 7.37. The number of esters is 1. The largest absolute Gasteiger partial charge is 0.507 e. The van der Waals surface area contributed by atoms with Crippen LogP contribution >= 0.6 is 10.9 Å². The molecule has 1 aliphatic heterocycles. The van der Waals surface area contributed by atoms with Crippen molar-refractivity contribution in [1.82, 2.24) is 16.1 Å². The molecule has 15 nitrogen and oxygen atoms in total. The van der Waals surface area contributed by atoms with Crippen LogP contribution < -0.4 is 35.7 Å². The lowest BCUT2D eigenvalue weighted by Crippen LogP contribution is -2.41. The lowest BCUT2D eigenvalue weighted by atomic mass is 9.96. The third-order valence-corrected chi connectivity index (χ3v) is 11.7. The number of amides is 2. The van der Waals surface area contributed by atoms with Crippen LogP contribution in [0.15, 0.2) is 102 Å². The van der Waals surface area contributed by atoms with E-state index in [0.717, 1.165) is 23.1 Å². The monoisotopic (exact) mass is 928 g/mol. The number of phenols is 1. The first-order valence-electron chi connectivity index (χ1n) is 21.9. The highest BCUT2D eigenvalue weighted by atomic mass is 32.3. The summed E-state index contributed by atoms with van der Waals surface area (Å²) in [6, 6.07) is 26.3. The van der Waals surface area contributed by atoms with Gasteiger partial charge in [0.2, 0.25) is 0 Å². The molecule has 5 aromatic rings. The van der Waals surface area contributed by atoms with E-state index < -0.39 is 22.9 Å². The minimum atomic E-state index is -3.87. The third kappa shape index (κ3) is 13.6. The summed E-state index contributed by atoms with van der Waals surface area (Å²) in [5.41, 5.74) is 11.5. The van der Waals surface area contributed by atoms with Crippen LogP contribution in [0.3, 0.4) is 0 Å². The van der Waals surface area contributed by atoms with Crippen LogP contribution in [0.4, 0.5) is 10.1 Å². The number of hydrogen-bond donors (Lipinski definition) is 8. The molecule has 0 bridgehead atoms. The van der Waals surface area contributed by atoms with E-state index in [0.29, 0.717) is 90.5 Å². The van der Waals surface area contributed by atoms with Gasteiger partial charge in [-0.1, -0.05) is 56.7 Å². The Morgan fingerprint density at radius 2 is 1.58 bits per heavy atom. The Morgan fingerprint density at radius 3 is 2.30 bits per heavy atom. The first-order chi connectivity index (χ1) is 31.8. The normalized spacial score (nSPS) is 13.5. The number of aromatic hydroxyl groups is 1. The molecule has 1 atom stereocenters. The highest BCUT2D eigenvalue weighted by Crippen LogP contribution is 2.45. The molecule has 2 amide bonds. The smallest absolute Gasteiger partial charge is 0.307 e. The quantitative estimate of drug-likeness (QED) is 0.0176. The standard InChI is InChI=1S/C49H57FN4O11S/c1-3-8-39-42(62-26-7-27-63-44-30-41(55)40(29-32(44)4-2)33-11-17-37(50)18-12-33)21-15-34-16-22-43(65-47(34)39)49(58)51-24-23-46(56)64-28-25-52-48(57)35-13-19-38(20-14-35)54-53-31-36-9-5-6-10-45(36)66(59,60)61/h5-6,9-15,17-21,29-30,43,53-55,59-61H,3-4,7-8,16,22-28,31H2,1-2H3,(H,51,58)(H,52,57). The minimum Gasteiger partial charge on any atom is -0.507 e. The average Bonchev–Trinajstić information content (AvgIpc) is 3.31. The van der Waals surface area contributed by atoms with E-state index in [-0.39, 0.29) is 60.9 Å². The number of halogens is 1. The maximum Gasteiger partial charge on any atom is 0.307 e. The predicted molar refractivity (Wildman–Crippen MR) is 250 cm³/mol. The summed E-state index contributed by atoms with van der Waals surface area (Å²) in [7, 11) is -3.87. The average molecular weight is 929 g/mol. The van der Waals surface area contributed by atoms with Crippen molar-refractivity contribution in [3.63, 3.8) is 0 Å². The number of hydrogen-bond acceptors (Lipinski definition) is 13. The topological polar surface area (TPSA) is 217 Å². The number of hydrazine groups is 1. The second-order valence-corrected chi connectivity index (χ2v) is 17.0. The van der Waals surface area contributed by atoms with Crippen molar-refractivity contribution in [2.24, 2.45) is 0 Å². The highest BCUT2D eigenvalue weighted by Gasteiger charge is 2.29. The van der Waals surface area contributed by atoms with Gasteiger partial charge in [-0.3, -0.25) is 14.4 Å². The molecule has 0 aromatic heterocycles. The molecule has 0 saturated heterocycles. The van der Waals surface area contributed by atoms with Gasteiger partial charge in [0.05, 0.1) is 31.1 Å². The van der Waals surface area contributed by atoms with Crippen LogP contribution in [0, 0.1) is 5.82 Å². The Balaban J connectivity index is 0.883. The van der Waals surface area contributed by atoms with Crippen LogP contribution in [0.25, 0.3) is 11.1 Å². The zero-order chi connectivity index (χ0) is 47.1. The Morgan fingerprint density at radius 1 is 0.833 bits per heavy atom. The van der Waals surface area contributed by atoms with Crippen molar-refractivity contribution >= 4 is 34.3 Å². The molecular formula is C49H57FN4O11S. The van der Waals surface area contributed by atoms with Gasteiger partial charge < -0.3 is 53.8 Å². The number of rotatable bonds is 23. The molecule has 8 N–H and O–H groups in total. The summed E-state index contributed by atoms with van der Waals surface area (Å²) in [5, 5.41) is 16.2. The van der Waals surface area contributed by atoms with Gasteiger partial charge in [0, 0.05) is 48.0 Å². The first kappa shape index (κ1) is 49.1. The molecule has 0 saturated carbocycles. The molecular weight excluding hydrogens is 872 g/mol. The molecule has 352 valence electrons.